The maximum Gasteiger partial charge on any atom is 0.294 e. The number of carbonyl (C=O) groups is 1. The molecule has 1 amide bonds. The van der Waals surface area contributed by atoms with E-state index in [1.807, 2.05) is 4.90 Å². The molecule has 2 aromatic rings. The van der Waals surface area contributed by atoms with Gasteiger partial charge in [-0.2, -0.15) is 0 Å². The second kappa shape index (κ2) is 8.77. The molecule has 0 aliphatic carbocycles. The number of nitrogens with zero attached hydrogens (tertiary/aromatic N) is 3. The number of amides is 1. The van der Waals surface area contributed by atoms with E-state index in [1.54, 1.807) is 30.3 Å². The smallest absolute Gasteiger partial charge is 0.294 e. The molecular formula is C19H20Cl2N4O3. The maximum absolute atomic E-state index is 12.6. The lowest BCUT2D eigenvalue weighted by molar-refractivity contribution is -0.384. The summed E-state index contributed by atoms with van der Waals surface area (Å²) in [4.78, 5) is 27.9. The highest BCUT2D eigenvalue weighted by Gasteiger charge is 2.26. The summed E-state index contributed by atoms with van der Waals surface area (Å²) in [6.45, 7) is 5.98. The monoisotopic (exact) mass is 422 g/mol. The molecule has 0 unspecified atom stereocenters. The van der Waals surface area contributed by atoms with Crippen molar-refractivity contribution in [2.45, 2.75) is 6.92 Å². The number of hydrogen-bond acceptors (Lipinski definition) is 5. The fraction of sp³-hybridized carbons (Fsp3) is 0.316. The minimum Gasteiger partial charge on any atom is -0.363 e. The first-order valence-electron chi connectivity index (χ1n) is 8.91. The van der Waals surface area contributed by atoms with Gasteiger partial charge in [-0.15, -0.1) is 0 Å². The highest BCUT2D eigenvalue weighted by atomic mass is 35.5. The number of halogens is 2. The van der Waals surface area contributed by atoms with Crippen LogP contribution >= 0.6 is 23.2 Å². The predicted octanol–water partition coefficient (Wildman–Crippen LogP) is 4.30. The Labute approximate surface area is 173 Å². The molecule has 1 N–H and O–H groups in total. The van der Waals surface area contributed by atoms with E-state index in [1.165, 1.54) is 6.07 Å². The van der Waals surface area contributed by atoms with Gasteiger partial charge in [0.05, 0.1) is 26.2 Å². The number of rotatable bonds is 5. The van der Waals surface area contributed by atoms with Crippen LogP contribution in [0.1, 0.15) is 17.3 Å². The molecule has 0 saturated carbocycles. The molecule has 1 fully saturated rings. The van der Waals surface area contributed by atoms with Crippen molar-refractivity contribution in [1.29, 1.82) is 0 Å². The highest BCUT2D eigenvalue weighted by molar-refractivity contribution is 6.36. The van der Waals surface area contributed by atoms with Crippen LogP contribution in [0, 0.1) is 10.1 Å². The lowest BCUT2D eigenvalue weighted by Gasteiger charge is -2.35. The predicted molar refractivity (Wildman–Crippen MR) is 112 cm³/mol. The third kappa shape index (κ3) is 4.38. The quantitative estimate of drug-likeness (QED) is 0.573. The zero-order chi connectivity index (χ0) is 20.3. The van der Waals surface area contributed by atoms with Crippen molar-refractivity contribution in [2.75, 3.05) is 42.9 Å². The normalized spacial score (nSPS) is 14.8. The third-order valence-corrected chi connectivity index (χ3v) is 5.43. The molecule has 0 aromatic heterocycles. The first-order chi connectivity index (χ1) is 13.4. The Hall–Kier alpha value is -2.35. The number of benzene rings is 2. The van der Waals surface area contributed by atoms with E-state index in [0.29, 0.717) is 35.1 Å². The fourth-order valence-electron chi connectivity index (χ4n) is 3.19. The molecule has 7 nitrogen and oxygen atoms in total. The van der Waals surface area contributed by atoms with E-state index in [2.05, 4.69) is 17.1 Å². The van der Waals surface area contributed by atoms with Crippen molar-refractivity contribution in [1.82, 2.24) is 4.90 Å². The first-order valence-corrected chi connectivity index (χ1v) is 9.67. The zero-order valence-electron chi connectivity index (χ0n) is 15.3. The van der Waals surface area contributed by atoms with Crippen LogP contribution in [0.25, 0.3) is 0 Å². The molecule has 1 aliphatic rings. The molecule has 28 heavy (non-hydrogen) atoms. The summed E-state index contributed by atoms with van der Waals surface area (Å²) in [5.41, 5.74) is 0.979. The summed E-state index contributed by atoms with van der Waals surface area (Å²) < 4.78 is 0. The van der Waals surface area contributed by atoms with Gasteiger partial charge >= 0.3 is 0 Å². The van der Waals surface area contributed by atoms with Gasteiger partial charge in [-0.3, -0.25) is 14.9 Å². The summed E-state index contributed by atoms with van der Waals surface area (Å²) >= 11 is 12.3. The van der Waals surface area contributed by atoms with E-state index < -0.39 is 10.8 Å². The number of hydrogen-bond donors (Lipinski definition) is 1. The Morgan fingerprint density at radius 3 is 2.43 bits per heavy atom. The van der Waals surface area contributed by atoms with Crippen molar-refractivity contribution in [3.05, 3.63) is 62.1 Å². The summed E-state index contributed by atoms with van der Waals surface area (Å²) in [6, 6.07) is 9.50. The average Bonchev–Trinajstić information content (AvgIpc) is 2.69. The van der Waals surface area contributed by atoms with E-state index in [0.717, 1.165) is 19.6 Å². The van der Waals surface area contributed by atoms with E-state index in [9.17, 15) is 14.9 Å². The van der Waals surface area contributed by atoms with Crippen molar-refractivity contribution in [2.24, 2.45) is 0 Å². The van der Waals surface area contributed by atoms with Crippen LogP contribution in [0.5, 0.6) is 0 Å². The standard InChI is InChI=1S/C19H20Cl2N4O3/c1-2-23-7-9-24(10-8-23)17-12-16(15(21)11-18(17)25(27)28)22-19(26)13-5-3-4-6-14(13)20/h3-6,11-12H,2,7-10H2,1H3,(H,22,26). The summed E-state index contributed by atoms with van der Waals surface area (Å²) in [5.74, 6) is -0.428. The minimum atomic E-state index is -0.451. The zero-order valence-corrected chi connectivity index (χ0v) is 16.8. The topological polar surface area (TPSA) is 78.7 Å². The molecule has 3 rings (SSSR count). The van der Waals surface area contributed by atoms with Gasteiger partial charge in [-0.1, -0.05) is 42.3 Å². The molecule has 1 aliphatic heterocycles. The van der Waals surface area contributed by atoms with Crippen LogP contribution in [0.2, 0.25) is 10.0 Å². The highest BCUT2D eigenvalue weighted by Crippen LogP contribution is 2.37. The van der Waals surface area contributed by atoms with Gasteiger partial charge in [0.25, 0.3) is 11.6 Å². The van der Waals surface area contributed by atoms with E-state index in [4.69, 9.17) is 23.2 Å². The number of piperazine rings is 1. The van der Waals surface area contributed by atoms with Crippen LogP contribution in [0.15, 0.2) is 36.4 Å². The first kappa shape index (κ1) is 20.4. The number of nitro benzene ring substituents is 1. The summed E-state index contributed by atoms with van der Waals surface area (Å²) in [5, 5.41) is 14.7. The second-order valence-corrected chi connectivity index (χ2v) is 7.25. The van der Waals surface area contributed by atoms with Crippen molar-refractivity contribution >= 4 is 46.2 Å². The second-order valence-electron chi connectivity index (χ2n) is 6.43. The molecule has 0 atom stereocenters. The van der Waals surface area contributed by atoms with Crippen LogP contribution in [0.3, 0.4) is 0 Å². The van der Waals surface area contributed by atoms with Gasteiger partial charge < -0.3 is 15.1 Å². The Bertz CT molecular complexity index is 899. The molecule has 2 aromatic carbocycles. The Morgan fingerprint density at radius 1 is 1.14 bits per heavy atom. The lowest BCUT2D eigenvalue weighted by atomic mass is 10.1. The minimum absolute atomic E-state index is 0.0781. The van der Waals surface area contributed by atoms with Crippen molar-refractivity contribution in [3.8, 4) is 0 Å². The molecule has 0 spiro atoms. The Morgan fingerprint density at radius 2 is 1.82 bits per heavy atom. The average molecular weight is 423 g/mol. The van der Waals surface area contributed by atoms with Gasteiger partial charge in [0.1, 0.15) is 5.69 Å². The Kier molecular flexibility index (Phi) is 6.39. The Balaban J connectivity index is 1.91. The largest absolute Gasteiger partial charge is 0.363 e. The molecule has 1 saturated heterocycles. The van der Waals surface area contributed by atoms with Crippen molar-refractivity contribution < 1.29 is 9.72 Å². The fourth-order valence-corrected chi connectivity index (χ4v) is 3.61. The maximum atomic E-state index is 12.6. The molecule has 0 bridgehead atoms. The molecule has 148 valence electrons. The van der Waals surface area contributed by atoms with E-state index in [-0.39, 0.29) is 10.7 Å². The molecule has 0 radical (unpaired) electrons. The van der Waals surface area contributed by atoms with Crippen molar-refractivity contribution in [3.63, 3.8) is 0 Å². The van der Waals surface area contributed by atoms with Gasteiger partial charge in [-0.05, 0) is 24.7 Å². The lowest BCUT2D eigenvalue weighted by Crippen LogP contribution is -2.46. The van der Waals surface area contributed by atoms with Crippen LogP contribution < -0.4 is 10.2 Å². The SMILES string of the molecule is CCN1CCN(c2cc(NC(=O)c3ccccc3Cl)c(Cl)cc2[N+](=O)[O-])CC1. The van der Waals surface area contributed by atoms with Crippen LogP contribution in [-0.2, 0) is 0 Å². The van der Waals surface area contributed by atoms with Gasteiger partial charge in [0.2, 0.25) is 0 Å². The molecular weight excluding hydrogens is 403 g/mol. The van der Waals surface area contributed by atoms with Crippen LogP contribution in [0.4, 0.5) is 17.1 Å². The van der Waals surface area contributed by atoms with Crippen LogP contribution in [-0.4, -0.2) is 48.5 Å². The summed E-state index contributed by atoms with van der Waals surface area (Å²) in [7, 11) is 0. The number of carbonyl (C=O) groups excluding carboxylic acids is 1. The number of nitro groups is 1. The molecule has 1 heterocycles. The molecule has 9 heteroatoms. The number of likely N-dealkylation sites (N-methyl/N-ethyl adjacent to an activating group) is 1. The van der Waals surface area contributed by atoms with Gasteiger partial charge in [0.15, 0.2) is 0 Å². The summed E-state index contributed by atoms with van der Waals surface area (Å²) in [6.07, 6.45) is 0. The van der Waals surface area contributed by atoms with Gasteiger partial charge in [-0.25, -0.2) is 0 Å². The van der Waals surface area contributed by atoms with E-state index >= 15 is 0 Å². The number of nitrogens with one attached hydrogen (secondary N) is 1. The number of anilines is 2. The third-order valence-electron chi connectivity index (χ3n) is 4.79. The van der Waals surface area contributed by atoms with Gasteiger partial charge in [0, 0.05) is 32.2 Å².